The van der Waals surface area contributed by atoms with E-state index in [9.17, 15) is 0 Å². The first-order valence-electron chi connectivity index (χ1n) is 12.8. The van der Waals surface area contributed by atoms with E-state index in [2.05, 4.69) is 86.0 Å². The minimum atomic E-state index is -0.120. The Morgan fingerprint density at radius 3 is 2.00 bits per heavy atom. The van der Waals surface area contributed by atoms with Gasteiger partial charge in [-0.25, -0.2) is 4.39 Å². The van der Waals surface area contributed by atoms with Crippen LogP contribution in [0.3, 0.4) is 0 Å². The van der Waals surface area contributed by atoms with E-state index in [0.29, 0.717) is 11.8 Å². The van der Waals surface area contributed by atoms with Crippen LogP contribution >= 0.6 is 0 Å². The number of allylic oxidation sites excluding steroid dienone is 3. The molecule has 0 bridgehead atoms. The molecular weight excluding hydrogens is 439 g/mol. The summed E-state index contributed by atoms with van der Waals surface area (Å²) in [6, 6.07) is 26.7. The van der Waals surface area contributed by atoms with Crippen LogP contribution < -0.4 is 0 Å². The maximum absolute atomic E-state index is 15.3. The molecule has 0 aliphatic heterocycles. The number of benzene rings is 4. The molecule has 0 aromatic heterocycles. The van der Waals surface area contributed by atoms with Gasteiger partial charge in [0.2, 0.25) is 0 Å². The van der Waals surface area contributed by atoms with Crippen molar-refractivity contribution >= 4 is 10.8 Å². The molecule has 180 valence electrons. The summed E-state index contributed by atoms with van der Waals surface area (Å²) in [5.74, 6) is 6.33. The van der Waals surface area contributed by atoms with E-state index in [1.807, 2.05) is 36.4 Å². The minimum Gasteiger partial charge on any atom is -0.206 e. The van der Waals surface area contributed by atoms with Gasteiger partial charge in [0, 0.05) is 16.5 Å². The summed E-state index contributed by atoms with van der Waals surface area (Å²) in [4.78, 5) is 0. The lowest BCUT2D eigenvalue weighted by Gasteiger charge is -2.08. The zero-order valence-corrected chi connectivity index (χ0v) is 21.1. The van der Waals surface area contributed by atoms with Crippen LogP contribution in [-0.4, -0.2) is 0 Å². The summed E-state index contributed by atoms with van der Waals surface area (Å²) < 4.78 is 15.3. The fourth-order valence-corrected chi connectivity index (χ4v) is 4.34. The van der Waals surface area contributed by atoms with Crippen LogP contribution in [0, 0.1) is 17.7 Å². The fraction of sp³-hybridized carbons (Fsp3) is 0.200. The quantitative estimate of drug-likeness (QED) is 0.169. The van der Waals surface area contributed by atoms with E-state index in [4.69, 9.17) is 0 Å². The lowest BCUT2D eigenvalue weighted by molar-refractivity contribution is 0.620. The molecule has 0 radical (unpaired) electrons. The van der Waals surface area contributed by atoms with Crippen LogP contribution in [0.15, 0.2) is 104 Å². The van der Waals surface area contributed by atoms with Gasteiger partial charge < -0.3 is 0 Å². The van der Waals surface area contributed by atoms with Crippen LogP contribution in [0.1, 0.15) is 53.1 Å². The van der Waals surface area contributed by atoms with E-state index >= 15 is 4.39 Å². The highest BCUT2D eigenvalue weighted by atomic mass is 19.1. The van der Waals surface area contributed by atoms with Gasteiger partial charge in [-0.1, -0.05) is 84.7 Å². The molecule has 0 amide bonds. The molecule has 0 unspecified atom stereocenters. The molecule has 0 saturated heterocycles. The zero-order valence-electron chi connectivity index (χ0n) is 21.1. The van der Waals surface area contributed by atoms with Crippen molar-refractivity contribution in [3.8, 4) is 11.8 Å². The third-order valence-corrected chi connectivity index (χ3v) is 6.52. The second-order valence-corrected chi connectivity index (χ2v) is 9.17. The van der Waals surface area contributed by atoms with Crippen LogP contribution in [0.4, 0.5) is 4.39 Å². The van der Waals surface area contributed by atoms with Gasteiger partial charge in [0.1, 0.15) is 5.82 Å². The Labute approximate surface area is 215 Å². The Morgan fingerprint density at radius 1 is 0.694 bits per heavy atom. The predicted molar refractivity (Wildman–Crippen MR) is 152 cm³/mol. The number of hydrogen-bond donors (Lipinski definition) is 0. The van der Waals surface area contributed by atoms with Crippen LogP contribution in [0.25, 0.3) is 10.8 Å². The second-order valence-electron chi connectivity index (χ2n) is 9.17. The Kier molecular flexibility index (Phi) is 8.90. The van der Waals surface area contributed by atoms with Crippen molar-refractivity contribution in [1.82, 2.24) is 0 Å². The summed E-state index contributed by atoms with van der Waals surface area (Å²) in [5.41, 5.74) is 6.49. The molecule has 0 fully saturated rings. The molecule has 0 aliphatic carbocycles. The first-order chi connectivity index (χ1) is 17.7. The number of hydrogen-bond acceptors (Lipinski definition) is 0. The van der Waals surface area contributed by atoms with Gasteiger partial charge in [0.25, 0.3) is 0 Å². The number of fused-ring (bicyclic) bond motifs is 1. The summed E-state index contributed by atoms with van der Waals surface area (Å²) in [7, 11) is 0. The smallest absolute Gasteiger partial charge is 0.134 e. The van der Waals surface area contributed by atoms with Crippen LogP contribution in [0.2, 0.25) is 0 Å². The molecule has 0 spiro atoms. The molecule has 36 heavy (non-hydrogen) atoms. The average molecular weight is 473 g/mol. The van der Waals surface area contributed by atoms with E-state index in [1.165, 1.54) is 16.7 Å². The number of aryl methyl sites for hydroxylation is 4. The van der Waals surface area contributed by atoms with E-state index in [-0.39, 0.29) is 5.82 Å². The van der Waals surface area contributed by atoms with Crippen molar-refractivity contribution in [2.75, 3.05) is 0 Å². The first kappa shape index (κ1) is 25.2. The molecule has 4 rings (SSSR count). The SMILES string of the molecule is C=CCCc1ccc(C#Cc2ccc3c(F)c(CCc4ccc(CC/C=C/C)cc4)ccc3c2)cc1. The zero-order chi connectivity index (χ0) is 25.2. The molecule has 0 aliphatic rings. The maximum atomic E-state index is 15.3. The Bertz CT molecular complexity index is 1390. The molecule has 0 N–H and O–H groups in total. The summed E-state index contributed by atoms with van der Waals surface area (Å²) in [5, 5.41) is 1.54. The number of halogens is 1. The first-order valence-corrected chi connectivity index (χ1v) is 12.8. The van der Waals surface area contributed by atoms with Gasteiger partial charge in [0.05, 0.1) is 0 Å². The van der Waals surface area contributed by atoms with Crippen LogP contribution in [0.5, 0.6) is 0 Å². The topological polar surface area (TPSA) is 0 Å². The highest BCUT2D eigenvalue weighted by Crippen LogP contribution is 2.24. The lowest BCUT2D eigenvalue weighted by atomic mass is 9.98. The Balaban J connectivity index is 1.41. The molecule has 0 nitrogen and oxygen atoms in total. The average Bonchev–Trinajstić information content (AvgIpc) is 2.92. The third kappa shape index (κ3) is 6.83. The summed E-state index contributed by atoms with van der Waals surface area (Å²) >= 11 is 0. The Hall–Kier alpha value is -3.89. The fourth-order valence-electron chi connectivity index (χ4n) is 4.34. The van der Waals surface area contributed by atoms with Gasteiger partial charge in [-0.2, -0.15) is 0 Å². The van der Waals surface area contributed by atoms with Gasteiger partial charge in [-0.15, -0.1) is 6.58 Å². The molecule has 0 heterocycles. The Morgan fingerprint density at radius 2 is 1.31 bits per heavy atom. The third-order valence-electron chi connectivity index (χ3n) is 6.52. The normalized spacial score (nSPS) is 10.9. The van der Waals surface area contributed by atoms with Gasteiger partial charge in [-0.05, 0) is 97.4 Å². The van der Waals surface area contributed by atoms with Crippen molar-refractivity contribution in [2.45, 2.75) is 45.4 Å². The number of rotatable bonds is 9. The van der Waals surface area contributed by atoms with Crippen molar-refractivity contribution < 1.29 is 4.39 Å². The van der Waals surface area contributed by atoms with Gasteiger partial charge >= 0.3 is 0 Å². The van der Waals surface area contributed by atoms with Crippen molar-refractivity contribution in [2.24, 2.45) is 0 Å². The molecular formula is C35H33F. The monoisotopic (exact) mass is 472 g/mol. The highest BCUT2D eigenvalue weighted by Gasteiger charge is 2.08. The minimum absolute atomic E-state index is 0.120. The van der Waals surface area contributed by atoms with E-state index in [0.717, 1.165) is 54.2 Å². The molecule has 0 saturated carbocycles. The second kappa shape index (κ2) is 12.7. The molecule has 4 aromatic carbocycles. The molecule has 4 aromatic rings. The van der Waals surface area contributed by atoms with Crippen molar-refractivity contribution in [1.29, 1.82) is 0 Å². The van der Waals surface area contributed by atoms with Gasteiger partial charge in [-0.3, -0.25) is 0 Å². The van der Waals surface area contributed by atoms with Crippen LogP contribution in [-0.2, 0) is 25.7 Å². The standard InChI is InChI=1S/C35H33F/c1-3-5-7-9-28-12-16-30(17-13-28)20-22-32-23-24-33-26-31(21-25-34(33)35(32)36)19-18-29-14-10-27(11-15-29)8-6-4-2/h3-5,10-17,21,23-26H,2,6-9,20,22H2,1H3/b5-3+. The molecule has 1 heteroatoms. The summed E-state index contributed by atoms with van der Waals surface area (Å²) in [6.07, 6.45) is 11.8. The van der Waals surface area contributed by atoms with Gasteiger partial charge in [0.15, 0.2) is 0 Å². The van der Waals surface area contributed by atoms with Crippen molar-refractivity contribution in [3.05, 3.63) is 143 Å². The highest BCUT2D eigenvalue weighted by molar-refractivity contribution is 5.85. The van der Waals surface area contributed by atoms with E-state index < -0.39 is 0 Å². The lowest BCUT2D eigenvalue weighted by Crippen LogP contribution is -1.96. The maximum Gasteiger partial charge on any atom is 0.134 e. The molecule has 0 atom stereocenters. The van der Waals surface area contributed by atoms with E-state index in [1.54, 1.807) is 0 Å². The summed E-state index contributed by atoms with van der Waals surface area (Å²) in [6.45, 7) is 5.83. The van der Waals surface area contributed by atoms with Crippen molar-refractivity contribution in [3.63, 3.8) is 0 Å². The largest absolute Gasteiger partial charge is 0.206 e. The predicted octanol–water partition coefficient (Wildman–Crippen LogP) is 8.79.